The van der Waals surface area contributed by atoms with Crippen molar-refractivity contribution in [1.29, 1.82) is 0 Å². The molecule has 0 amide bonds. The first kappa shape index (κ1) is 8.84. The summed E-state index contributed by atoms with van der Waals surface area (Å²) < 4.78 is 0.882. The number of pyridine rings is 1. The number of aryl methyl sites for hydroxylation is 1. The molecule has 0 saturated heterocycles. The number of hydrogen-bond donors (Lipinski definition) is 0. The topological polar surface area (TPSA) is 25.8 Å². The second kappa shape index (κ2) is 3.55. The van der Waals surface area contributed by atoms with Crippen molar-refractivity contribution in [3.63, 3.8) is 0 Å². The zero-order chi connectivity index (χ0) is 9.26. The molecule has 4 heteroatoms. The van der Waals surface area contributed by atoms with E-state index in [1.54, 1.807) is 11.3 Å². The minimum absolute atomic E-state index is 0.882. The lowest BCUT2D eigenvalue weighted by molar-refractivity contribution is 1.20. The van der Waals surface area contributed by atoms with Gasteiger partial charge in [0.25, 0.3) is 0 Å². The highest BCUT2D eigenvalue weighted by atomic mass is 79.9. The molecule has 0 spiro atoms. The predicted octanol–water partition coefficient (Wildman–Crippen LogP) is 3.28. The van der Waals surface area contributed by atoms with Crippen molar-refractivity contribution in [3.05, 3.63) is 34.0 Å². The van der Waals surface area contributed by atoms with Gasteiger partial charge in [-0.2, -0.15) is 0 Å². The van der Waals surface area contributed by atoms with Crippen molar-refractivity contribution >= 4 is 27.3 Å². The SMILES string of the molecule is Cc1ccc(-c2nc(Br)cs2)cn1. The van der Waals surface area contributed by atoms with Crippen molar-refractivity contribution in [3.8, 4) is 10.6 Å². The van der Waals surface area contributed by atoms with Crippen molar-refractivity contribution < 1.29 is 0 Å². The van der Waals surface area contributed by atoms with E-state index in [1.165, 1.54) is 0 Å². The number of halogens is 1. The first-order valence-electron chi connectivity index (χ1n) is 3.80. The third-order valence-electron chi connectivity index (χ3n) is 1.63. The number of nitrogens with zero attached hydrogens (tertiary/aromatic N) is 2. The Bertz CT molecular complexity index is 408. The van der Waals surface area contributed by atoms with E-state index in [4.69, 9.17) is 0 Å². The smallest absolute Gasteiger partial charge is 0.126 e. The highest BCUT2D eigenvalue weighted by Gasteiger charge is 2.02. The summed E-state index contributed by atoms with van der Waals surface area (Å²) in [4.78, 5) is 8.52. The van der Waals surface area contributed by atoms with Crippen LogP contribution in [-0.4, -0.2) is 9.97 Å². The van der Waals surface area contributed by atoms with E-state index >= 15 is 0 Å². The molecule has 0 aliphatic rings. The maximum absolute atomic E-state index is 4.31. The maximum atomic E-state index is 4.31. The van der Waals surface area contributed by atoms with E-state index in [2.05, 4.69) is 25.9 Å². The molecule has 0 unspecified atom stereocenters. The molecule has 0 aliphatic heterocycles. The highest BCUT2D eigenvalue weighted by molar-refractivity contribution is 9.10. The molecule has 0 fully saturated rings. The monoisotopic (exact) mass is 254 g/mol. The molecule has 2 aromatic heterocycles. The van der Waals surface area contributed by atoms with E-state index in [1.807, 2.05) is 30.6 Å². The summed E-state index contributed by atoms with van der Waals surface area (Å²) in [5, 5.41) is 2.97. The fraction of sp³-hybridized carbons (Fsp3) is 0.111. The average Bonchev–Trinajstić information content (AvgIpc) is 2.53. The van der Waals surface area contributed by atoms with Gasteiger partial charge in [0.1, 0.15) is 9.61 Å². The molecule has 2 nitrogen and oxygen atoms in total. The third kappa shape index (κ3) is 1.95. The van der Waals surface area contributed by atoms with E-state index in [9.17, 15) is 0 Å². The van der Waals surface area contributed by atoms with Crippen molar-refractivity contribution in [2.45, 2.75) is 6.92 Å². The molecule has 0 aliphatic carbocycles. The first-order chi connectivity index (χ1) is 6.25. The van der Waals surface area contributed by atoms with Gasteiger partial charge in [-0.05, 0) is 35.0 Å². The molecule has 66 valence electrons. The number of aromatic nitrogens is 2. The molecule has 13 heavy (non-hydrogen) atoms. The van der Waals surface area contributed by atoms with Crippen LogP contribution in [0.4, 0.5) is 0 Å². The van der Waals surface area contributed by atoms with Crippen LogP contribution in [0.1, 0.15) is 5.69 Å². The number of hydrogen-bond acceptors (Lipinski definition) is 3. The molecule has 0 atom stereocenters. The van der Waals surface area contributed by atoms with Crippen molar-refractivity contribution in [2.24, 2.45) is 0 Å². The van der Waals surface area contributed by atoms with Gasteiger partial charge in [-0.15, -0.1) is 11.3 Å². The normalized spacial score (nSPS) is 10.3. The van der Waals surface area contributed by atoms with Gasteiger partial charge in [0.15, 0.2) is 0 Å². The Morgan fingerprint density at radius 3 is 2.77 bits per heavy atom. The molecule has 2 aromatic rings. The zero-order valence-corrected chi connectivity index (χ0v) is 9.39. The largest absolute Gasteiger partial charge is 0.261 e. The third-order valence-corrected chi connectivity index (χ3v) is 3.24. The quantitative estimate of drug-likeness (QED) is 0.781. The van der Waals surface area contributed by atoms with Crippen molar-refractivity contribution in [1.82, 2.24) is 9.97 Å². The Morgan fingerprint density at radius 2 is 2.23 bits per heavy atom. The molecule has 0 N–H and O–H groups in total. The summed E-state index contributed by atoms with van der Waals surface area (Å²) in [7, 11) is 0. The van der Waals surface area contributed by atoms with Crippen molar-refractivity contribution in [2.75, 3.05) is 0 Å². The summed E-state index contributed by atoms with van der Waals surface area (Å²) in [6.45, 7) is 1.97. The molecular weight excluding hydrogens is 248 g/mol. The number of rotatable bonds is 1. The van der Waals surface area contributed by atoms with Gasteiger partial charge in [-0.1, -0.05) is 0 Å². The van der Waals surface area contributed by atoms with Gasteiger partial charge >= 0.3 is 0 Å². The van der Waals surface area contributed by atoms with Crippen LogP contribution >= 0.6 is 27.3 Å². The van der Waals surface area contributed by atoms with Gasteiger partial charge in [-0.25, -0.2) is 4.98 Å². The highest BCUT2D eigenvalue weighted by Crippen LogP contribution is 2.25. The summed E-state index contributed by atoms with van der Waals surface area (Å²) >= 11 is 4.93. The summed E-state index contributed by atoms with van der Waals surface area (Å²) in [5.41, 5.74) is 2.10. The van der Waals surface area contributed by atoms with Gasteiger partial charge in [0, 0.05) is 22.8 Å². The number of thiazole rings is 1. The Labute approximate surface area is 88.8 Å². The van der Waals surface area contributed by atoms with Crippen LogP contribution in [0, 0.1) is 6.92 Å². The fourth-order valence-electron chi connectivity index (χ4n) is 0.981. The summed E-state index contributed by atoms with van der Waals surface area (Å²) in [6.07, 6.45) is 1.85. The Balaban J connectivity index is 2.41. The minimum atomic E-state index is 0.882. The lowest BCUT2D eigenvalue weighted by atomic mass is 10.3. The first-order valence-corrected chi connectivity index (χ1v) is 5.47. The zero-order valence-electron chi connectivity index (χ0n) is 6.99. The van der Waals surface area contributed by atoms with Crippen LogP contribution in [0.2, 0.25) is 0 Å². The van der Waals surface area contributed by atoms with Crippen LogP contribution in [0.5, 0.6) is 0 Å². The Kier molecular flexibility index (Phi) is 2.42. The molecule has 2 heterocycles. The lowest BCUT2D eigenvalue weighted by Gasteiger charge is -1.95. The van der Waals surface area contributed by atoms with Gasteiger partial charge in [0.05, 0.1) is 0 Å². The van der Waals surface area contributed by atoms with Crippen LogP contribution in [0.3, 0.4) is 0 Å². The van der Waals surface area contributed by atoms with E-state index in [0.29, 0.717) is 0 Å². The van der Waals surface area contributed by atoms with Crippen LogP contribution in [0.25, 0.3) is 10.6 Å². The molecule has 2 rings (SSSR count). The standard InChI is InChI=1S/C9H7BrN2S/c1-6-2-3-7(4-11-6)9-12-8(10)5-13-9/h2-5H,1H3. The predicted molar refractivity (Wildman–Crippen MR) is 57.8 cm³/mol. The Hall–Kier alpha value is -0.740. The maximum Gasteiger partial charge on any atom is 0.126 e. The van der Waals surface area contributed by atoms with E-state index in [-0.39, 0.29) is 0 Å². The van der Waals surface area contributed by atoms with Crippen LogP contribution < -0.4 is 0 Å². The molecule has 0 aromatic carbocycles. The Morgan fingerprint density at radius 1 is 1.38 bits per heavy atom. The minimum Gasteiger partial charge on any atom is -0.261 e. The van der Waals surface area contributed by atoms with E-state index < -0.39 is 0 Å². The van der Waals surface area contributed by atoms with E-state index in [0.717, 1.165) is 20.9 Å². The van der Waals surface area contributed by atoms with Crippen LogP contribution in [-0.2, 0) is 0 Å². The molecular formula is C9H7BrN2S. The second-order valence-corrected chi connectivity index (χ2v) is 4.33. The molecule has 0 saturated carbocycles. The molecule has 0 bridgehead atoms. The fourth-order valence-corrected chi connectivity index (χ4v) is 2.23. The summed E-state index contributed by atoms with van der Waals surface area (Å²) in [5.74, 6) is 0. The van der Waals surface area contributed by atoms with Gasteiger partial charge < -0.3 is 0 Å². The van der Waals surface area contributed by atoms with Gasteiger partial charge in [0.2, 0.25) is 0 Å². The lowest BCUT2D eigenvalue weighted by Crippen LogP contribution is -1.81. The van der Waals surface area contributed by atoms with Crippen LogP contribution in [0.15, 0.2) is 28.3 Å². The van der Waals surface area contributed by atoms with Gasteiger partial charge in [-0.3, -0.25) is 4.98 Å². The average molecular weight is 255 g/mol. The second-order valence-electron chi connectivity index (χ2n) is 2.66. The summed E-state index contributed by atoms with van der Waals surface area (Å²) in [6, 6.07) is 4.03. The molecule has 0 radical (unpaired) electrons.